The second-order valence-electron chi connectivity index (χ2n) is 9.64. The summed E-state index contributed by atoms with van der Waals surface area (Å²) in [6.07, 6.45) is 5.61. The van der Waals surface area contributed by atoms with Gasteiger partial charge in [-0.2, -0.15) is 5.26 Å². The number of benzene rings is 2. The standard InChI is InChI=1S/C30H28N4O3S/c1-22-10-12-25(13-11-22)38(36,37)26(21-31)20-27-29(32-28-9-5-6-16-34(28)30(27)35)33-17-14-24(15-18-33)19-23-7-3-2-4-8-23/h2-13,16,20,24H,14-15,17-19H2,1H3/b26-20+. The lowest BCUT2D eigenvalue weighted by atomic mass is 9.90. The fourth-order valence-electron chi connectivity index (χ4n) is 4.90. The van der Waals surface area contributed by atoms with Gasteiger partial charge in [-0.1, -0.05) is 54.1 Å². The Labute approximate surface area is 222 Å². The van der Waals surface area contributed by atoms with Crippen LogP contribution in [-0.4, -0.2) is 30.9 Å². The van der Waals surface area contributed by atoms with Crippen molar-refractivity contribution in [2.75, 3.05) is 18.0 Å². The number of pyridine rings is 1. The molecule has 7 nitrogen and oxygen atoms in total. The number of anilines is 1. The van der Waals surface area contributed by atoms with E-state index in [1.54, 1.807) is 36.5 Å². The molecular weight excluding hydrogens is 496 g/mol. The Morgan fingerprint density at radius 2 is 1.71 bits per heavy atom. The number of hydrogen-bond donors (Lipinski definition) is 0. The molecule has 4 aromatic rings. The van der Waals surface area contributed by atoms with Gasteiger partial charge in [0.25, 0.3) is 5.56 Å². The summed E-state index contributed by atoms with van der Waals surface area (Å²) < 4.78 is 28.0. The highest BCUT2D eigenvalue weighted by Crippen LogP contribution is 2.29. The van der Waals surface area contributed by atoms with Crippen molar-refractivity contribution in [3.63, 3.8) is 0 Å². The highest BCUT2D eigenvalue weighted by molar-refractivity contribution is 7.95. The maximum absolute atomic E-state index is 13.6. The first-order chi connectivity index (χ1) is 18.4. The third-order valence-electron chi connectivity index (χ3n) is 7.04. The van der Waals surface area contributed by atoms with E-state index in [0.717, 1.165) is 24.8 Å². The van der Waals surface area contributed by atoms with Crippen LogP contribution >= 0.6 is 0 Å². The molecule has 0 saturated carbocycles. The number of piperidine rings is 1. The Hall–Kier alpha value is -4.22. The zero-order chi connectivity index (χ0) is 26.7. The van der Waals surface area contributed by atoms with Gasteiger partial charge in [0.1, 0.15) is 22.4 Å². The first-order valence-electron chi connectivity index (χ1n) is 12.6. The van der Waals surface area contributed by atoms with E-state index in [1.165, 1.54) is 28.2 Å². The van der Waals surface area contributed by atoms with Gasteiger partial charge in [0.2, 0.25) is 9.84 Å². The van der Waals surface area contributed by atoms with Crippen LogP contribution in [0.25, 0.3) is 11.7 Å². The quantitative estimate of drug-likeness (QED) is 0.336. The molecular formula is C30H28N4O3S. The number of rotatable bonds is 6. The van der Waals surface area contributed by atoms with E-state index in [2.05, 4.69) is 12.1 Å². The van der Waals surface area contributed by atoms with E-state index in [-0.39, 0.29) is 10.5 Å². The van der Waals surface area contributed by atoms with Crippen LogP contribution in [0.3, 0.4) is 0 Å². The fraction of sp³-hybridized carbons (Fsp3) is 0.233. The molecule has 1 aliphatic rings. The number of fused-ring (bicyclic) bond motifs is 1. The molecule has 0 unspecified atom stereocenters. The minimum Gasteiger partial charge on any atom is -0.356 e. The third kappa shape index (κ3) is 5.11. The lowest BCUT2D eigenvalue weighted by Crippen LogP contribution is -2.37. The van der Waals surface area contributed by atoms with Crippen molar-refractivity contribution in [3.8, 4) is 6.07 Å². The van der Waals surface area contributed by atoms with E-state index in [9.17, 15) is 18.5 Å². The summed E-state index contributed by atoms with van der Waals surface area (Å²) in [5, 5.41) is 9.88. The van der Waals surface area contributed by atoms with Crippen LogP contribution in [0, 0.1) is 24.2 Å². The lowest BCUT2D eigenvalue weighted by Gasteiger charge is -2.33. The topological polar surface area (TPSA) is 95.5 Å². The van der Waals surface area contributed by atoms with Gasteiger partial charge in [0, 0.05) is 19.3 Å². The van der Waals surface area contributed by atoms with Crippen LogP contribution in [0.2, 0.25) is 0 Å². The monoisotopic (exact) mass is 524 g/mol. The van der Waals surface area contributed by atoms with Crippen LogP contribution < -0.4 is 10.5 Å². The van der Waals surface area contributed by atoms with Crippen molar-refractivity contribution in [1.82, 2.24) is 9.38 Å². The average molecular weight is 525 g/mol. The van der Waals surface area contributed by atoms with E-state index in [1.807, 2.05) is 36.1 Å². The molecule has 0 amide bonds. The van der Waals surface area contributed by atoms with Crippen LogP contribution in [0.4, 0.5) is 5.82 Å². The molecule has 2 aromatic heterocycles. The maximum atomic E-state index is 13.6. The zero-order valence-electron chi connectivity index (χ0n) is 21.1. The average Bonchev–Trinajstić information content (AvgIpc) is 2.94. The Bertz CT molecular complexity index is 1690. The summed E-state index contributed by atoms with van der Waals surface area (Å²) in [5.41, 5.74) is 2.36. The molecule has 0 atom stereocenters. The summed E-state index contributed by atoms with van der Waals surface area (Å²) in [6, 6.07) is 23.8. The summed E-state index contributed by atoms with van der Waals surface area (Å²) in [4.78, 5) is 19.9. The number of nitrogens with zero attached hydrogens (tertiary/aromatic N) is 4. The van der Waals surface area contributed by atoms with Crippen LogP contribution in [0.5, 0.6) is 0 Å². The molecule has 5 rings (SSSR count). The molecule has 1 aliphatic heterocycles. The van der Waals surface area contributed by atoms with Gasteiger partial charge in [-0.25, -0.2) is 13.4 Å². The van der Waals surface area contributed by atoms with Gasteiger partial charge >= 0.3 is 0 Å². The van der Waals surface area contributed by atoms with Crippen LogP contribution in [0.15, 0.2) is 93.6 Å². The van der Waals surface area contributed by atoms with Gasteiger partial charge in [0.05, 0.1) is 10.5 Å². The predicted octanol–water partition coefficient (Wildman–Crippen LogP) is 4.80. The predicted molar refractivity (Wildman–Crippen MR) is 148 cm³/mol. The Morgan fingerprint density at radius 3 is 2.39 bits per heavy atom. The van der Waals surface area contributed by atoms with Gasteiger partial charge in [-0.15, -0.1) is 0 Å². The van der Waals surface area contributed by atoms with E-state index in [0.29, 0.717) is 30.5 Å². The van der Waals surface area contributed by atoms with E-state index < -0.39 is 20.3 Å². The number of aryl methyl sites for hydroxylation is 1. The number of allylic oxidation sites excluding steroid dienone is 1. The normalized spacial score (nSPS) is 14.9. The van der Waals surface area contributed by atoms with Gasteiger partial charge in [-0.05, 0) is 68.0 Å². The maximum Gasteiger partial charge on any atom is 0.267 e. The van der Waals surface area contributed by atoms with Gasteiger partial charge < -0.3 is 4.90 Å². The highest BCUT2D eigenvalue weighted by atomic mass is 32.2. The second-order valence-corrected chi connectivity index (χ2v) is 11.6. The second kappa shape index (κ2) is 10.6. The van der Waals surface area contributed by atoms with E-state index in [4.69, 9.17) is 4.98 Å². The molecule has 0 aliphatic carbocycles. The molecule has 3 heterocycles. The SMILES string of the molecule is Cc1ccc(S(=O)(=O)/C(C#N)=C/c2c(N3CCC(Cc4ccccc4)CC3)nc3ccccn3c2=O)cc1. The smallest absolute Gasteiger partial charge is 0.267 e. The largest absolute Gasteiger partial charge is 0.356 e. The van der Waals surface area contributed by atoms with Crippen molar-refractivity contribution in [2.45, 2.75) is 31.1 Å². The fourth-order valence-corrected chi connectivity index (χ4v) is 6.04. The molecule has 38 heavy (non-hydrogen) atoms. The number of sulfone groups is 1. The molecule has 1 saturated heterocycles. The molecule has 0 radical (unpaired) electrons. The Balaban J connectivity index is 1.53. The molecule has 192 valence electrons. The minimum absolute atomic E-state index is 0.00743. The lowest BCUT2D eigenvalue weighted by molar-refractivity contribution is 0.402. The van der Waals surface area contributed by atoms with Crippen molar-refractivity contribution in [3.05, 3.63) is 111 Å². The number of aromatic nitrogens is 2. The summed E-state index contributed by atoms with van der Waals surface area (Å²) in [7, 11) is -4.12. The molecule has 0 spiro atoms. The third-order valence-corrected chi connectivity index (χ3v) is 8.72. The van der Waals surface area contributed by atoms with Crippen molar-refractivity contribution < 1.29 is 8.42 Å². The first-order valence-corrected chi connectivity index (χ1v) is 14.1. The van der Waals surface area contributed by atoms with Gasteiger partial charge in [0.15, 0.2) is 0 Å². The summed E-state index contributed by atoms with van der Waals surface area (Å²) in [5.74, 6) is 0.914. The Kier molecular flexibility index (Phi) is 7.12. The van der Waals surface area contributed by atoms with Crippen molar-refractivity contribution >= 4 is 27.4 Å². The molecule has 0 N–H and O–H groups in total. The van der Waals surface area contributed by atoms with Gasteiger partial charge in [-0.3, -0.25) is 9.20 Å². The molecule has 0 bridgehead atoms. The van der Waals surface area contributed by atoms with Crippen molar-refractivity contribution in [2.24, 2.45) is 5.92 Å². The number of hydrogen-bond acceptors (Lipinski definition) is 6. The molecule has 1 fully saturated rings. The van der Waals surface area contributed by atoms with Crippen LogP contribution in [-0.2, 0) is 16.3 Å². The Morgan fingerprint density at radius 1 is 1.03 bits per heavy atom. The van der Waals surface area contributed by atoms with Crippen molar-refractivity contribution in [1.29, 1.82) is 5.26 Å². The summed E-state index contributed by atoms with van der Waals surface area (Å²) in [6.45, 7) is 3.22. The molecule has 8 heteroatoms. The van der Waals surface area contributed by atoms with Crippen LogP contribution in [0.1, 0.15) is 29.5 Å². The van der Waals surface area contributed by atoms with E-state index >= 15 is 0 Å². The summed E-state index contributed by atoms with van der Waals surface area (Å²) >= 11 is 0. The zero-order valence-corrected chi connectivity index (χ0v) is 21.9. The number of nitriles is 1. The first kappa shape index (κ1) is 25.4. The highest BCUT2D eigenvalue weighted by Gasteiger charge is 2.27. The minimum atomic E-state index is -4.12. The molecule has 2 aromatic carbocycles.